The van der Waals surface area contributed by atoms with Crippen LogP contribution in [-0.4, -0.2) is 31.0 Å². The van der Waals surface area contributed by atoms with E-state index in [9.17, 15) is 14.4 Å². The number of amides is 2. The van der Waals surface area contributed by atoms with E-state index in [0.717, 1.165) is 5.56 Å². The number of thiophene rings is 1. The van der Waals surface area contributed by atoms with Crippen molar-refractivity contribution in [1.82, 2.24) is 10.9 Å². The first-order valence-electron chi connectivity index (χ1n) is 7.36. The molecule has 136 valence electrons. The van der Waals surface area contributed by atoms with Crippen LogP contribution in [0.3, 0.4) is 0 Å². The number of hydrogen-bond donors (Lipinski definition) is 2. The zero-order chi connectivity index (χ0) is 18.8. The summed E-state index contributed by atoms with van der Waals surface area (Å²) in [6.07, 6.45) is 2.79. The zero-order valence-corrected chi connectivity index (χ0v) is 15.0. The lowest BCUT2D eigenvalue weighted by atomic mass is 10.3. The molecule has 0 spiro atoms. The van der Waals surface area contributed by atoms with E-state index in [0.29, 0.717) is 10.8 Å². The second-order valence-electron chi connectivity index (χ2n) is 4.84. The van der Waals surface area contributed by atoms with Gasteiger partial charge in [0.2, 0.25) is 0 Å². The minimum Gasteiger partial charge on any atom is -0.484 e. The summed E-state index contributed by atoms with van der Waals surface area (Å²) in [5, 5.41) is 4.28. The van der Waals surface area contributed by atoms with Gasteiger partial charge in [-0.05, 0) is 52.7 Å². The quantitative estimate of drug-likeness (QED) is 0.426. The first-order valence-corrected chi connectivity index (χ1v) is 8.68. The van der Waals surface area contributed by atoms with E-state index in [2.05, 4.69) is 10.9 Å². The van der Waals surface area contributed by atoms with Crippen molar-refractivity contribution in [2.75, 3.05) is 13.2 Å². The van der Waals surface area contributed by atoms with Gasteiger partial charge < -0.3 is 9.47 Å². The fourth-order valence-corrected chi connectivity index (χ4v) is 2.36. The van der Waals surface area contributed by atoms with Crippen LogP contribution in [-0.2, 0) is 19.1 Å². The van der Waals surface area contributed by atoms with Crippen molar-refractivity contribution < 1.29 is 23.9 Å². The lowest BCUT2D eigenvalue weighted by molar-refractivity contribution is -0.144. The van der Waals surface area contributed by atoms with Crippen LogP contribution in [0, 0.1) is 0 Å². The number of hydrogen-bond acceptors (Lipinski definition) is 6. The Balaban J connectivity index is 1.60. The number of hydrazine groups is 1. The van der Waals surface area contributed by atoms with E-state index < -0.39 is 24.4 Å². The molecule has 0 fully saturated rings. The first-order chi connectivity index (χ1) is 12.5. The van der Waals surface area contributed by atoms with Crippen LogP contribution < -0.4 is 15.6 Å². The van der Waals surface area contributed by atoms with Gasteiger partial charge in [0.15, 0.2) is 13.2 Å². The maximum atomic E-state index is 11.6. The number of esters is 1. The van der Waals surface area contributed by atoms with Crippen LogP contribution in [0.15, 0.2) is 47.2 Å². The number of halogens is 1. The number of carbonyl (C=O) groups excluding carboxylic acids is 3. The molecule has 1 aromatic heterocycles. The van der Waals surface area contributed by atoms with E-state index in [-0.39, 0.29) is 6.61 Å². The average molecular weight is 395 g/mol. The third-order valence-corrected chi connectivity index (χ3v) is 3.78. The predicted octanol–water partition coefficient (Wildman–Crippen LogP) is 2.18. The van der Waals surface area contributed by atoms with E-state index in [4.69, 9.17) is 21.1 Å². The third-order valence-electron chi connectivity index (χ3n) is 2.83. The molecule has 2 rings (SSSR count). The van der Waals surface area contributed by atoms with Gasteiger partial charge in [0.25, 0.3) is 11.8 Å². The number of rotatable bonds is 7. The molecule has 2 aromatic rings. The summed E-state index contributed by atoms with van der Waals surface area (Å²) in [6, 6.07) is 8.30. The van der Waals surface area contributed by atoms with Crippen LogP contribution in [0.4, 0.5) is 0 Å². The topological polar surface area (TPSA) is 93.7 Å². The Hall–Kier alpha value is -2.84. The fourth-order valence-electron chi connectivity index (χ4n) is 1.61. The predicted molar refractivity (Wildman–Crippen MR) is 97.5 cm³/mol. The second kappa shape index (κ2) is 10.2. The fraction of sp³-hybridized carbons (Fsp3) is 0.118. The Morgan fingerprint density at radius 3 is 2.38 bits per heavy atom. The summed E-state index contributed by atoms with van der Waals surface area (Å²) in [6.45, 7) is -0.823. The van der Waals surface area contributed by atoms with Gasteiger partial charge in [-0.2, -0.15) is 11.3 Å². The smallest absolute Gasteiger partial charge is 0.331 e. The highest BCUT2D eigenvalue weighted by Gasteiger charge is 2.08. The van der Waals surface area contributed by atoms with Crippen molar-refractivity contribution >= 4 is 46.8 Å². The van der Waals surface area contributed by atoms with Crippen molar-refractivity contribution in [3.05, 3.63) is 57.8 Å². The molecule has 0 unspecified atom stereocenters. The molecule has 0 aliphatic carbocycles. The zero-order valence-electron chi connectivity index (χ0n) is 13.4. The van der Waals surface area contributed by atoms with E-state index in [1.54, 1.807) is 30.3 Å². The van der Waals surface area contributed by atoms with Crippen molar-refractivity contribution in [3.8, 4) is 5.75 Å². The maximum absolute atomic E-state index is 11.6. The van der Waals surface area contributed by atoms with Crippen molar-refractivity contribution in [2.45, 2.75) is 0 Å². The van der Waals surface area contributed by atoms with Crippen LogP contribution in [0.1, 0.15) is 5.56 Å². The number of benzene rings is 1. The summed E-state index contributed by atoms with van der Waals surface area (Å²) < 4.78 is 9.95. The molecule has 0 atom stereocenters. The molecule has 0 saturated carbocycles. The molecule has 0 bridgehead atoms. The van der Waals surface area contributed by atoms with Gasteiger partial charge in [0.1, 0.15) is 5.75 Å². The first kappa shape index (κ1) is 19.5. The number of carbonyl (C=O) groups is 3. The molecule has 9 heteroatoms. The second-order valence-corrected chi connectivity index (χ2v) is 6.05. The molecule has 26 heavy (non-hydrogen) atoms. The van der Waals surface area contributed by atoms with Gasteiger partial charge in [-0.1, -0.05) is 11.6 Å². The Morgan fingerprint density at radius 1 is 1.04 bits per heavy atom. The molecule has 0 radical (unpaired) electrons. The van der Waals surface area contributed by atoms with Gasteiger partial charge in [-0.15, -0.1) is 0 Å². The Morgan fingerprint density at radius 2 is 1.73 bits per heavy atom. The van der Waals surface area contributed by atoms with E-state index in [1.165, 1.54) is 17.4 Å². The lowest BCUT2D eigenvalue weighted by Gasteiger charge is -2.08. The largest absolute Gasteiger partial charge is 0.484 e. The molecule has 0 aliphatic heterocycles. The highest BCUT2D eigenvalue weighted by Crippen LogP contribution is 2.15. The van der Waals surface area contributed by atoms with Crippen molar-refractivity contribution in [2.24, 2.45) is 0 Å². The average Bonchev–Trinajstić information content (AvgIpc) is 3.16. The molecular formula is C17H15ClN2O5S. The Kier molecular flexibility index (Phi) is 7.66. The third kappa shape index (κ3) is 7.37. The molecular weight excluding hydrogens is 380 g/mol. The number of nitrogens with one attached hydrogen (secondary N) is 2. The molecule has 1 aromatic carbocycles. The normalized spacial score (nSPS) is 10.3. The minimum atomic E-state index is -0.679. The van der Waals surface area contributed by atoms with Gasteiger partial charge in [0, 0.05) is 11.1 Å². The molecule has 1 heterocycles. The highest BCUT2D eigenvalue weighted by molar-refractivity contribution is 7.08. The summed E-state index contributed by atoms with van der Waals surface area (Å²) in [5.74, 6) is -1.45. The summed E-state index contributed by atoms with van der Waals surface area (Å²) in [4.78, 5) is 34.5. The standard InChI is InChI=1S/C17H15ClN2O5S/c18-13-2-4-14(5-3-13)24-9-15(21)19-20-16(22)10-25-17(23)6-1-12-7-8-26-11-12/h1-8,11H,9-10H2,(H,19,21)(H,20,22)/b6-1+. The SMILES string of the molecule is O=C(COC(=O)/C=C/c1ccsc1)NNC(=O)COc1ccc(Cl)cc1. The minimum absolute atomic E-state index is 0.301. The molecule has 2 amide bonds. The maximum Gasteiger partial charge on any atom is 0.331 e. The monoisotopic (exact) mass is 394 g/mol. The van der Waals surface area contributed by atoms with Crippen LogP contribution in [0.5, 0.6) is 5.75 Å². The van der Waals surface area contributed by atoms with E-state index >= 15 is 0 Å². The summed E-state index contributed by atoms with van der Waals surface area (Å²) in [7, 11) is 0. The van der Waals surface area contributed by atoms with Gasteiger partial charge in [-0.25, -0.2) is 4.79 Å². The lowest BCUT2D eigenvalue weighted by Crippen LogP contribution is -2.45. The summed E-state index contributed by atoms with van der Waals surface area (Å²) >= 11 is 7.23. The van der Waals surface area contributed by atoms with Crippen LogP contribution in [0.2, 0.25) is 5.02 Å². The van der Waals surface area contributed by atoms with Gasteiger partial charge in [-0.3, -0.25) is 20.4 Å². The molecule has 0 aliphatic rings. The van der Waals surface area contributed by atoms with Crippen LogP contribution in [0.25, 0.3) is 6.08 Å². The molecule has 2 N–H and O–H groups in total. The van der Waals surface area contributed by atoms with Crippen LogP contribution >= 0.6 is 22.9 Å². The van der Waals surface area contributed by atoms with Gasteiger partial charge >= 0.3 is 5.97 Å². The summed E-state index contributed by atoms with van der Waals surface area (Å²) in [5.41, 5.74) is 5.12. The van der Waals surface area contributed by atoms with E-state index in [1.807, 2.05) is 16.8 Å². The van der Waals surface area contributed by atoms with Crippen molar-refractivity contribution in [3.63, 3.8) is 0 Å². The number of ether oxygens (including phenoxy) is 2. The highest BCUT2D eigenvalue weighted by atomic mass is 35.5. The van der Waals surface area contributed by atoms with Crippen molar-refractivity contribution in [1.29, 1.82) is 0 Å². The van der Waals surface area contributed by atoms with Gasteiger partial charge in [0.05, 0.1) is 0 Å². The Labute approximate surface area is 158 Å². The molecule has 0 saturated heterocycles. The molecule has 7 nitrogen and oxygen atoms in total. The Bertz CT molecular complexity index is 775.